The summed E-state index contributed by atoms with van der Waals surface area (Å²) in [6.07, 6.45) is 0.557. The number of ether oxygens (including phenoxy) is 2. The molecule has 0 radical (unpaired) electrons. The van der Waals surface area contributed by atoms with Gasteiger partial charge in [0.1, 0.15) is 11.6 Å². The van der Waals surface area contributed by atoms with Crippen molar-refractivity contribution in [2.45, 2.75) is 38.8 Å². The highest BCUT2D eigenvalue weighted by Crippen LogP contribution is 2.42. The molecule has 0 fully saturated rings. The Balaban J connectivity index is 1.70. The number of benzene rings is 2. The third kappa shape index (κ3) is 5.80. The SMILES string of the molecule is O=Nc1c(O)n(Cc2cc(F)cc3c2OCOC3)c2ccc(N(CCCC(=O)O)CCCC(=O)O)cc12. The van der Waals surface area contributed by atoms with Gasteiger partial charge in [-0.15, -0.1) is 4.91 Å². The number of aliphatic carboxylic acids is 2. The van der Waals surface area contributed by atoms with Crippen molar-refractivity contribution in [3.63, 3.8) is 0 Å². The molecular formula is C25H26FN3O8. The van der Waals surface area contributed by atoms with Crippen molar-refractivity contribution in [1.29, 1.82) is 0 Å². The molecule has 0 unspecified atom stereocenters. The van der Waals surface area contributed by atoms with Gasteiger partial charge in [-0.25, -0.2) is 4.39 Å². The summed E-state index contributed by atoms with van der Waals surface area (Å²) < 4.78 is 26.5. The van der Waals surface area contributed by atoms with Crippen molar-refractivity contribution in [1.82, 2.24) is 4.57 Å². The molecule has 0 aliphatic carbocycles. The predicted octanol–water partition coefficient (Wildman–Crippen LogP) is 4.33. The summed E-state index contributed by atoms with van der Waals surface area (Å²) in [4.78, 5) is 35.5. The lowest BCUT2D eigenvalue weighted by Gasteiger charge is -2.25. The van der Waals surface area contributed by atoms with Crippen molar-refractivity contribution < 1.29 is 38.8 Å². The topological polar surface area (TPSA) is 151 Å². The van der Waals surface area contributed by atoms with E-state index < -0.39 is 23.6 Å². The summed E-state index contributed by atoms with van der Waals surface area (Å²) >= 11 is 0. The van der Waals surface area contributed by atoms with Crippen LogP contribution in [0, 0.1) is 10.7 Å². The summed E-state index contributed by atoms with van der Waals surface area (Å²) in [7, 11) is 0. The highest BCUT2D eigenvalue weighted by atomic mass is 19.1. The average Bonchev–Trinajstić information content (AvgIpc) is 3.12. The zero-order chi connectivity index (χ0) is 26.5. The second-order valence-electron chi connectivity index (χ2n) is 8.70. The van der Waals surface area contributed by atoms with Crippen LogP contribution >= 0.6 is 0 Å². The third-order valence-electron chi connectivity index (χ3n) is 6.17. The van der Waals surface area contributed by atoms with Crippen LogP contribution in [0.2, 0.25) is 0 Å². The molecule has 4 rings (SSSR count). The lowest BCUT2D eigenvalue weighted by atomic mass is 10.1. The summed E-state index contributed by atoms with van der Waals surface area (Å²) in [6, 6.07) is 7.68. The maximum Gasteiger partial charge on any atom is 0.303 e. The van der Waals surface area contributed by atoms with Crippen LogP contribution in [-0.4, -0.2) is 51.7 Å². The maximum absolute atomic E-state index is 14.3. The van der Waals surface area contributed by atoms with Gasteiger partial charge in [0.25, 0.3) is 0 Å². The number of nitroso groups, excluding NO2 is 1. The molecule has 3 N–H and O–H groups in total. The second-order valence-corrected chi connectivity index (χ2v) is 8.70. The molecule has 0 amide bonds. The molecule has 12 heteroatoms. The predicted molar refractivity (Wildman–Crippen MR) is 131 cm³/mol. The quantitative estimate of drug-likeness (QED) is 0.299. The molecule has 2 heterocycles. The van der Waals surface area contributed by atoms with E-state index in [1.807, 2.05) is 4.90 Å². The smallest absolute Gasteiger partial charge is 0.303 e. The van der Waals surface area contributed by atoms with Gasteiger partial charge in [0.2, 0.25) is 5.88 Å². The first-order chi connectivity index (χ1) is 17.8. The number of aromatic hydroxyl groups is 1. The van der Waals surface area contributed by atoms with E-state index in [-0.39, 0.29) is 38.5 Å². The molecule has 37 heavy (non-hydrogen) atoms. The van der Waals surface area contributed by atoms with Crippen molar-refractivity contribution in [3.05, 3.63) is 52.2 Å². The van der Waals surface area contributed by atoms with Gasteiger partial charge in [-0.2, -0.15) is 0 Å². The Hall–Kier alpha value is -4.19. The number of aromatic nitrogens is 1. The summed E-state index contributed by atoms with van der Waals surface area (Å²) in [5, 5.41) is 32.2. The molecule has 0 bridgehead atoms. The average molecular weight is 515 g/mol. The molecule has 11 nitrogen and oxygen atoms in total. The minimum absolute atomic E-state index is 0.00176. The van der Waals surface area contributed by atoms with E-state index in [0.29, 0.717) is 59.4 Å². The Morgan fingerprint density at radius 2 is 1.78 bits per heavy atom. The Morgan fingerprint density at radius 3 is 2.43 bits per heavy atom. The van der Waals surface area contributed by atoms with Gasteiger partial charge in [-0.1, -0.05) is 0 Å². The van der Waals surface area contributed by atoms with E-state index in [1.165, 1.54) is 16.7 Å². The van der Waals surface area contributed by atoms with E-state index in [2.05, 4.69) is 5.18 Å². The Morgan fingerprint density at radius 1 is 1.08 bits per heavy atom. The van der Waals surface area contributed by atoms with Crippen molar-refractivity contribution >= 4 is 34.2 Å². The monoisotopic (exact) mass is 515 g/mol. The maximum atomic E-state index is 14.3. The first-order valence-electron chi connectivity index (χ1n) is 11.7. The zero-order valence-electron chi connectivity index (χ0n) is 19.9. The number of carboxylic acid groups (broad SMARTS) is 2. The van der Waals surface area contributed by atoms with Gasteiger partial charge in [0, 0.05) is 48.1 Å². The van der Waals surface area contributed by atoms with Gasteiger partial charge >= 0.3 is 11.9 Å². The van der Waals surface area contributed by atoms with Gasteiger partial charge < -0.3 is 34.3 Å². The van der Waals surface area contributed by atoms with E-state index in [1.54, 1.807) is 18.2 Å². The Labute approximate surface area is 210 Å². The van der Waals surface area contributed by atoms with Crippen molar-refractivity contribution in [3.8, 4) is 11.6 Å². The molecule has 196 valence electrons. The highest BCUT2D eigenvalue weighted by Gasteiger charge is 2.23. The summed E-state index contributed by atoms with van der Waals surface area (Å²) in [6.45, 7) is 0.889. The van der Waals surface area contributed by atoms with Gasteiger partial charge in [-0.05, 0) is 48.4 Å². The second kappa shape index (κ2) is 11.2. The highest BCUT2D eigenvalue weighted by molar-refractivity contribution is 5.97. The molecule has 2 aromatic carbocycles. The fourth-order valence-electron chi connectivity index (χ4n) is 4.51. The lowest BCUT2D eigenvalue weighted by molar-refractivity contribution is -0.138. The van der Waals surface area contributed by atoms with Gasteiger partial charge in [-0.3, -0.25) is 9.59 Å². The van der Waals surface area contributed by atoms with Crippen LogP contribution in [0.25, 0.3) is 10.9 Å². The van der Waals surface area contributed by atoms with Crippen LogP contribution in [0.5, 0.6) is 11.6 Å². The third-order valence-corrected chi connectivity index (χ3v) is 6.17. The Bertz CT molecular complexity index is 1320. The standard InChI is InChI=1S/C25H26FN3O8/c26-17-9-15(24-16(10-17)13-36-14-37-24)12-29-20-6-5-18(11-19(20)23(27-35)25(29)34)28(7-1-3-21(30)31)8-2-4-22(32)33/h5-6,9-11,34H,1-4,7-8,12-14H2,(H,30,31)(H,32,33). The molecule has 0 saturated carbocycles. The van der Waals surface area contributed by atoms with Gasteiger partial charge in [0.15, 0.2) is 12.5 Å². The zero-order valence-corrected chi connectivity index (χ0v) is 19.9. The molecular weight excluding hydrogens is 489 g/mol. The van der Waals surface area contributed by atoms with Crippen LogP contribution in [0.3, 0.4) is 0 Å². The molecule has 0 atom stereocenters. The van der Waals surface area contributed by atoms with Crippen LogP contribution in [0.4, 0.5) is 15.8 Å². The number of carbonyl (C=O) groups is 2. The molecule has 0 spiro atoms. The van der Waals surface area contributed by atoms with Gasteiger partial charge in [0.05, 0.1) is 18.7 Å². The minimum atomic E-state index is -0.939. The number of halogens is 1. The van der Waals surface area contributed by atoms with Crippen molar-refractivity contribution in [2.75, 3.05) is 24.8 Å². The first kappa shape index (κ1) is 25.9. The van der Waals surface area contributed by atoms with Crippen LogP contribution in [0.1, 0.15) is 36.8 Å². The minimum Gasteiger partial charge on any atom is -0.493 e. The fourth-order valence-corrected chi connectivity index (χ4v) is 4.51. The summed E-state index contributed by atoms with van der Waals surface area (Å²) in [5.41, 5.74) is 1.89. The number of nitrogens with zero attached hydrogens (tertiary/aromatic N) is 3. The first-order valence-corrected chi connectivity index (χ1v) is 11.7. The van der Waals surface area contributed by atoms with E-state index in [9.17, 15) is 24.0 Å². The molecule has 1 aromatic heterocycles. The number of rotatable bonds is 12. The largest absolute Gasteiger partial charge is 0.493 e. The lowest BCUT2D eigenvalue weighted by Crippen LogP contribution is -2.26. The number of anilines is 1. The molecule has 3 aromatic rings. The van der Waals surface area contributed by atoms with Crippen LogP contribution < -0.4 is 9.64 Å². The number of fused-ring (bicyclic) bond motifs is 2. The Kier molecular flexibility index (Phi) is 7.87. The number of hydrogen-bond donors (Lipinski definition) is 3. The summed E-state index contributed by atoms with van der Waals surface area (Å²) in [5.74, 6) is -2.31. The van der Waals surface area contributed by atoms with E-state index in [0.717, 1.165) is 0 Å². The van der Waals surface area contributed by atoms with Crippen LogP contribution in [-0.2, 0) is 27.5 Å². The fraction of sp³-hybridized carbons (Fsp3) is 0.360. The normalized spacial score (nSPS) is 12.7. The van der Waals surface area contributed by atoms with E-state index >= 15 is 0 Å². The van der Waals surface area contributed by atoms with E-state index in [4.69, 9.17) is 19.7 Å². The molecule has 1 aliphatic rings. The number of hydrogen-bond acceptors (Lipinski definition) is 8. The van der Waals surface area contributed by atoms with Crippen LogP contribution in [0.15, 0.2) is 35.5 Å². The number of carboxylic acids is 2. The molecule has 1 aliphatic heterocycles. The molecule has 0 saturated heterocycles. The van der Waals surface area contributed by atoms with Crippen molar-refractivity contribution in [2.24, 2.45) is 5.18 Å².